The number of amides is 3. The van der Waals surface area contributed by atoms with Gasteiger partial charge in [-0.05, 0) is 30.7 Å². The summed E-state index contributed by atoms with van der Waals surface area (Å²) in [6, 6.07) is 14.4. The fourth-order valence-corrected chi connectivity index (χ4v) is 3.56. The van der Waals surface area contributed by atoms with Crippen LogP contribution in [-0.2, 0) is 4.79 Å². The molecule has 1 heterocycles. The molecule has 0 bridgehead atoms. The lowest BCUT2D eigenvalue weighted by Gasteiger charge is -2.25. The average molecular weight is 429 g/mol. The summed E-state index contributed by atoms with van der Waals surface area (Å²) in [5.41, 5.74) is 2.45. The van der Waals surface area contributed by atoms with Gasteiger partial charge in [0, 0.05) is 30.6 Å². The van der Waals surface area contributed by atoms with Crippen molar-refractivity contribution in [1.82, 2.24) is 15.2 Å². The molecule has 1 aliphatic heterocycles. The predicted octanol–water partition coefficient (Wildman–Crippen LogP) is 3.69. The van der Waals surface area contributed by atoms with Gasteiger partial charge in [-0.2, -0.15) is 5.10 Å². The Morgan fingerprint density at radius 1 is 1.23 bits per heavy atom. The van der Waals surface area contributed by atoms with Crippen LogP contribution in [0.15, 0.2) is 53.6 Å². The number of nitrogens with one attached hydrogen (secondary N) is 1. The minimum absolute atomic E-state index is 0.0855. The summed E-state index contributed by atoms with van der Waals surface area (Å²) in [4.78, 5) is 26.4. The highest BCUT2D eigenvalue weighted by Crippen LogP contribution is 2.35. The Morgan fingerprint density at radius 3 is 2.57 bits per heavy atom. The van der Waals surface area contributed by atoms with E-state index >= 15 is 0 Å². The first kappa shape index (κ1) is 21.6. The lowest BCUT2D eigenvalue weighted by atomic mass is 9.98. The maximum atomic E-state index is 13.1. The lowest BCUT2D eigenvalue weighted by molar-refractivity contribution is -0.133. The maximum Gasteiger partial charge on any atom is 0.317 e. The van der Waals surface area contributed by atoms with Gasteiger partial charge in [0.2, 0.25) is 0 Å². The Morgan fingerprint density at radius 2 is 1.93 bits per heavy atom. The number of ether oxygens (including phenoxy) is 1. The first-order valence-electron chi connectivity index (χ1n) is 9.72. The zero-order valence-corrected chi connectivity index (χ0v) is 18.0. The number of nitrogens with zero attached hydrogens (tertiary/aromatic N) is 3. The van der Waals surface area contributed by atoms with Crippen LogP contribution in [0.25, 0.3) is 0 Å². The minimum atomic E-state index is -0.304. The first-order chi connectivity index (χ1) is 14.4. The van der Waals surface area contributed by atoms with Gasteiger partial charge in [0.15, 0.2) is 0 Å². The number of hydrogen-bond donors (Lipinski definition) is 1. The molecule has 0 aliphatic carbocycles. The third kappa shape index (κ3) is 4.74. The molecule has 1 N–H and O–H groups in total. The second-order valence-electron chi connectivity index (χ2n) is 6.95. The quantitative estimate of drug-likeness (QED) is 0.762. The van der Waals surface area contributed by atoms with Crippen LogP contribution in [-0.4, -0.2) is 54.8 Å². The van der Waals surface area contributed by atoms with Crippen LogP contribution in [0.2, 0.25) is 5.02 Å². The zero-order chi connectivity index (χ0) is 21.7. The molecular formula is C22H25ClN4O3. The SMILES string of the molecule is CCNC(=O)N(C)CC(=O)N1N=C(c2ccccc2Cl)CC1c1ccc(OC)cc1. The van der Waals surface area contributed by atoms with Crippen molar-refractivity contribution in [3.8, 4) is 5.75 Å². The van der Waals surface area contributed by atoms with Crippen LogP contribution in [0, 0.1) is 0 Å². The second kappa shape index (κ2) is 9.63. The van der Waals surface area contributed by atoms with E-state index < -0.39 is 0 Å². The standard InChI is InChI=1S/C22H25ClN4O3/c1-4-24-22(29)26(2)14-21(28)27-20(15-9-11-16(30-3)12-10-15)13-19(25-27)17-7-5-6-8-18(17)23/h5-12,20H,4,13-14H2,1-3H3,(H,24,29). The molecule has 1 atom stereocenters. The fourth-order valence-electron chi connectivity index (χ4n) is 3.32. The lowest BCUT2D eigenvalue weighted by Crippen LogP contribution is -2.43. The number of carbonyl (C=O) groups excluding carboxylic acids is 2. The zero-order valence-electron chi connectivity index (χ0n) is 17.3. The molecule has 1 unspecified atom stereocenters. The Bertz CT molecular complexity index is 946. The van der Waals surface area contributed by atoms with E-state index in [0.29, 0.717) is 18.0 Å². The van der Waals surface area contributed by atoms with Crippen molar-refractivity contribution in [3.05, 3.63) is 64.7 Å². The van der Waals surface area contributed by atoms with Crippen LogP contribution in [0.4, 0.5) is 4.79 Å². The van der Waals surface area contributed by atoms with Crippen LogP contribution >= 0.6 is 11.6 Å². The average Bonchev–Trinajstić information content (AvgIpc) is 3.19. The predicted molar refractivity (Wildman–Crippen MR) is 117 cm³/mol. The number of hydrogen-bond acceptors (Lipinski definition) is 4. The first-order valence-corrected chi connectivity index (χ1v) is 10.1. The molecule has 30 heavy (non-hydrogen) atoms. The van der Waals surface area contributed by atoms with E-state index in [0.717, 1.165) is 22.6 Å². The van der Waals surface area contributed by atoms with E-state index in [1.807, 2.05) is 49.4 Å². The number of carbonyl (C=O) groups is 2. The number of urea groups is 1. The summed E-state index contributed by atoms with van der Waals surface area (Å²) in [5, 5.41) is 9.33. The Labute approximate surface area is 181 Å². The maximum absolute atomic E-state index is 13.1. The summed E-state index contributed by atoms with van der Waals surface area (Å²) in [6.45, 7) is 2.23. The summed E-state index contributed by atoms with van der Waals surface area (Å²) in [5.74, 6) is 0.462. The normalized spacial score (nSPS) is 15.5. The fraction of sp³-hybridized carbons (Fsp3) is 0.318. The van der Waals surface area contributed by atoms with Crippen molar-refractivity contribution >= 4 is 29.3 Å². The molecule has 158 valence electrons. The monoisotopic (exact) mass is 428 g/mol. The molecule has 0 saturated carbocycles. The molecule has 0 aromatic heterocycles. The molecule has 2 aromatic rings. The summed E-state index contributed by atoms with van der Waals surface area (Å²) < 4.78 is 5.24. The number of rotatable bonds is 6. The molecule has 7 nitrogen and oxygen atoms in total. The van der Waals surface area contributed by atoms with Crippen molar-refractivity contribution < 1.29 is 14.3 Å². The van der Waals surface area contributed by atoms with Gasteiger partial charge in [-0.15, -0.1) is 0 Å². The molecule has 8 heteroatoms. The summed E-state index contributed by atoms with van der Waals surface area (Å²) >= 11 is 6.36. The molecule has 3 amide bonds. The van der Waals surface area contributed by atoms with Crippen molar-refractivity contribution in [2.75, 3.05) is 27.2 Å². The van der Waals surface area contributed by atoms with Gasteiger partial charge < -0.3 is 15.0 Å². The Balaban J connectivity index is 1.89. The number of likely N-dealkylation sites (N-methyl/N-ethyl adjacent to an activating group) is 1. The molecule has 0 saturated heterocycles. The van der Waals surface area contributed by atoms with E-state index in [9.17, 15) is 9.59 Å². The van der Waals surface area contributed by atoms with Gasteiger partial charge in [0.1, 0.15) is 12.3 Å². The number of hydrazone groups is 1. The van der Waals surface area contributed by atoms with E-state index in [2.05, 4.69) is 10.4 Å². The molecule has 1 aliphatic rings. The Kier molecular flexibility index (Phi) is 6.95. The molecule has 0 fully saturated rings. The van der Waals surface area contributed by atoms with Crippen molar-refractivity contribution in [2.24, 2.45) is 5.10 Å². The molecular weight excluding hydrogens is 404 g/mol. The van der Waals surface area contributed by atoms with Crippen LogP contribution in [0.5, 0.6) is 5.75 Å². The van der Waals surface area contributed by atoms with Gasteiger partial charge in [-0.3, -0.25) is 4.79 Å². The van der Waals surface area contributed by atoms with Gasteiger partial charge >= 0.3 is 6.03 Å². The largest absolute Gasteiger partial charge is 0.497 e. The van der Waals surface area contributed by atoms with Gasteiger partial charge in [0.25, 0.3) is 5.91 Å². The highest BCUT2D eigenvalue weighted by molar-refractivity contribution is 6.34. The van der Waals surface area contributed by atoms with Crippen LogP contribution < -0.4 is 10.1 Å². The number of benzene rings is 2. The topological polar surface area (TPSA) is 74.2 Å². The minimum Gasteiger partial charge on any atom is -0.497 e. The van der Waals surface area contributed by atoms with Crippen molar-refractivity contribution in [2.45, 2.75) is 19.4 Å². The molecule has 0 radical (unpaired) electrons. The smallest absolute Gasteiger partial charge is 0.317 e. The summed E-state index contributed by atoms with van der Waals surface area (Å²) in [6.07, 6.45) is 0.521. The third-order valence-corrected chi connectivity index (χ3v) is 5.23. The van der Waals surface area contributed by atoms with Gasteiger partial charge in [-0.25, -0.2) is 9.80 Å². The molecule has 3 rings (SSSR count). The highest BCUT2D eigenvalue weighted by Gasteiger charge is 2.34. The number of methoxy groups -OCH3 is 1. The van der Waals surface area contributed by atoms with Crippen molar-refractivity contribution in [1.29, 1.82) is 0 Å². The molecule has 2 aromatic carbocycles. The van der Waals surface area contributed by atoms with Gasteiger partial charge in [0.05, 0.1) is 18.9 Å². The van der Waals surface area contributed by atoms with Crippen LogP contribution in [0.1, 0.15) is 30.5 Å². The summed E-state index contributed by atoms with van der Waals surface area (Å²) in [7, 11) is 3.19. The molecule has 0 spiro atoms. The van der Waals surface area contributed by atoms with E-state index in [4.69, 9.17) is 16.3 Å². The van der Waals surface area contributed by atoms with Crippen LogP contribution in [0.3, 0.4) is 0 Å². The highest BCUT2D eigenvalue weighted by atomic mass is 35.5. The van der Waals surface area contributed by atoms with Gasteiger partial charge in [-0.1, -0.05) is 41.9 Å². The Hall–Kier alpha value is -3.06. The third-order valence-electron chi connectivity index (χ3n) is 4.90. The second-order valence-corrected chi connectivity index (χ2v) is 7.36. The van der Waals surface area contributed by atoms with E-state index in [1.54, 1.807) is 20.2 Å². The van der Waals surface area contributed by atoms with E-state index in [-0.39, 0.29) is 24.5 Å². The number of halogens is 1. The van der Waals surface area contributed by atoms with Crippen molar-refractivity contribution in [3.63, 3.8) is 0 Å². The van der Waals surface area contributed by atoms with E-state index in [1.165, 1.54) is 9.91 Å².